The fourth-order valence-electron chi connectivity index (χ4n) is 6.10. The fraction of sp³-hybridized carbons (Fsp3) is 0.708. The number of carbonyl (C=O) groups excluding carboxylic acids is 1. The first-order valence-corrected chi connectivity index (χ1v) is 11.4. The minimum atomic E-state index is -0.785. The van der Waals surface area contributed by atoms with Crippen molar-refractivity contribution in [3.05, 3.63) is 35.4 Å². The molecule has 1 spiro atoms. The van der Waals surface area contributed by atoms with Crippen LogP contribution in [0.3, 0.4) is 0 Å². The third-order valence-electron chi connectivity index (χ3n) is 7.89. The van der Waals surface area contributed by atoms with E-state index < -0.39 is 24.0 Å². The first kappa shape index (κ1) is 21.3. The summed E-state index contributed by atoms with van der Waals surface area (Å²) in [6.07, 6.45) is 3.10. The third kappa shape index (κ3) is 3.42. The molecule has 3 unspecified atom stereocenters. The Labute approximate surface area is 183 Å². The molecule has 0 aromatic heterocycles. The molecule has 5 fully saturated rings. The van der Waals surface area contributed by atoms with Crippen LogP contribution in [0.25, 0.3) is 0 Å². The summed E-state index contributed by atoms with van der Waals surface area (Å²) in [6, 6.07) is 7.25. The van der Waals surface area contributed by atoms with Gasteiger partial charge in [0.05, 0.1) is 19.3 Å². The van der Waals surface area contributed by atoms with E-state index in [0.717, 1.165) is 31.2 Å². The van der Waals surface area contributed by atoms with E-state index in [2.05, 4.69) is 13.8 Å². The Kier molecular flexibility index (Phi) is 5.38. The lowest BCUT2D eigenvalue weighted by Crippen LogP contribution is -2.70. The van der Waals surface area contributed by atoms with Crippen LogP contribution in [0.4, 0.5) is 0 Å². The normalized spacial score (nSPS) is 43.7. The van der Waals surface area contributed by atoms with Gasteiger partial charge in [-0.15, -0.1) is 0 Å². The van der Waals surface area contributed by atoms with Gasteiger partial charge in [-0.3, -0.25) is 0 Å². The van der Waals surface area contributed by atoms with E-state index in [9.17, 15) is 4.79 Å². The average molecular weight is 433 g/mol. The molecule has 8 atom stereocenters. The predicted molar refractivity (Wildman–Crippen MR) is 109 cm³/mol. The molecule has 7 nitrogen and oxygen atoms in total. The van der Waals surface area contributed by atoms with Gasteiger partial charge in [-0.25, -0.2) is 14.6 Å². The van der Waals surface area contributed by atoms with Gasteiger partial charge in [0.25, 0.3) is 0 Å². The summed E-state index contributed by atoms with van der Waals surface area (Å²) in [5, 5.41) is 0. The maximum absolute atomic E-state index is 11.6. The molecule has 4 saturated heterocycles. The molecular weight excluding hydrogens is 400 g/mol. The van der Waals surface area contributed by atoms with Crippen molar-refractivity contribution < 1.29 is 33.5 Å². The Morgan fingerprint density at radius 2 is 1.87 bits per heavy atom. The summed E-state index contributed by atoms with van der Waals surface area (Å²) in [4.78, 5) is 23.7. The SMILES string of the molecule is COC(=O)c1ccc(CO[C@H]2OC3O[C@]4(C)CCC5[C@H](C)CCC([C@H]2C)[C@@]35OO4)cc1. The van der Waals surface area contributed by atoms with Gasteiger partial charge in [0, 0.05) is 18.3 Å². The number of ether oxygens (including phenoxy) is 4. The number of rotatable bonds is 4. The molecule has 1 aromatic carbocycles. The van der Waals surface area contributed by atoms with Gasteiger partial charge in [-0.2, -0.15) is 0 Å². The number of hydrogen-bond acceptors (Lipinski definition) is 7. The first-order chi connectivity index (χ1) is 14.9. The zero-order chi connectivity index (χ0) is 21.8. The van der Waals surface area contributed by atoms with Crippen LogP contribution < -0.4 is 0 Å². The summed E-state index contributed by atoms with van der Waals surface area (Å²) < 4.78 is 23.8. The van der Waals surface area contributed by atoms with Gasteiger partial charge >= 0.3 is 5.97 Å². The molecule has 6 rings (SSSR count). The van der Waals surface area contributed by atoms with Crippen molar-refractivity contribution in [2.45, 2.75) is 77.0 Å². The molecule has 0 radical (unpaired) electrons. The Morgan fingerprint density at radius 3 is 2.61 bits per heavy atom. The summed E-state index contributed by atoms with van der Waals surface area (Å²) in [6.45, 7) is 6.80. The molecule has 7 heteroatoms. The summed E-state index contributed by atoms with van der Waals surface area (Å²) in [5.74, 6) is 0.117. The van der Waals surface area contributed by atoms with Gasteiger partial charge in [-0.05, 0) is 55.7 Å². The second-order valence-corrected chi connectivity index (χ2v) is 9.77. The molecule has 1 aromatic rings. The lowest BCUT2D eigenvalue weighted by Gasteiger charge is -2.60. The van der Waals surface area contributed by atoms with Gasteiger partial charge in [0.2, 0.25) is 5.79 Å². The van der Waals surface area contributed by atoms with Crippen LogP contribution in [-0.4, -0.2) is 37.0 Å². The van der Waals surface area contributed by atoms with Crippen LogP contribution in [0.15, 0.2) is 24.3 Å². The van der Waals surface area contributed by atoms with Gasteiger partial charge in [-0.1, -0.05) is 26.0 Å². The second-order valence-electron chi connectivity index (χ2n) is 9.77. The van der Waals surface area contributed by atoms with Gasteiger partial charge in [0.1, 0.15) is 0 Å². The lowest BCUT2D eigenvalue weighted by atomic mass is 9.58. The van der Waals surface area contributed by atoms with E-state index in [1.807, 2.05) is 19.1 Å². The molecule has 170 valence electrons. The molecule has 4 aliphatic heterocycles. The van der Waals surface area contributed by atoms with E-state index in [1.165, 1.54) is 7.11 Å². The van der Waals surface area contributed by atoms with E-state index in [0.29, 0.717) is 24.0 Å². The smallest absolute Gasteiger partial charge is 0.337 e. The van der Waals surface area contributed by atoms with Crippen LogP contribution >= 0.6 is 0 Å². The highest BCUT2D eigenvalue weighted by atomic mass is 17.3. The minimum absolute atomic E-state index is 0.134. The van der Waals surface area contributed by atoms with Crippen LogP contribution in [-0.2, 0) is 35.3 Å². The molecule has 4 heterocycles. The molecule has 0 amide bonds. The van der Waals surface area contributed by atoms with Crippen molar-refractivity contribution in [1.82, 2.24) is 0 Å². The second kappa shape index (κ2) is 7.81. The number of benzene rings is 1. The summed E-state index contributed by atoms with van der Waals surface area (Å²) in [5.41, 5.74) is 0.912. The quantitative estimate of drug-likeness (QED) is 0.522. The lowest BCUT2D eigenvalue weighted by molar-refractivity contribution is -0.577. The zero-order valence-corrected chi connectivity index (χ0v) is 18.7. The van der Waals surface area contributed by atoms with Crippen molar-refractivity contribution in [3.63, 3.8) is 0 Å². The number of fused-ring (bicyclic) bond motifs is 2. The number of methoxy groups -OCH3 is 1. The number of esters is 1. The van der Waals surface area contributed by atoms with Crippen LogP contribution in [0, 0.1) is 23.7 Å². The Hall–Kier alpha value is -1.51. The molecule has 31 heavy (non-hydrogen) atoms. The Balaban J connectivity index is 1.34. The number of carbonyl (C=O) groups is 1. The van der Waals surface area contributed by atoms with Crippen LogP contribution in [0.1, 0.15) is 62.4 Å². The van der Waals surface area contributed by atoms with Crippen molar-refractivity contribution in [3.8, 4) is 0 Å². The van der Waals surface area contributed by atoms with Crippen molar-refractivity contribution in [1.29, 1.82) is 0 Å². The fourth-order valence-corrected chi connectivity index (χ4v) is 6.10. The predicted octanol–water partition coefficient (Wildman–Crippen LogP) is 4.20. The minimum Gasteiger partial charge on any atom is -0.465 e. The zero-order valence-electron chi connectivity index (χ0n) is 18.7. The van der Waals surface area contributed by atoms with E-state index in [4.69, 9.17) is 28.7 Å². The highest BCUT2D eigenvalue weighted by molar-refractivity contribution is 5.89. The average Bonchev–Trinajstić information content (AvgIpc) is 3.01. The number of hydrogen-bond donors (Lipinski definition) is 0. The molecule has 1 aliphatic carbocycles. The Bertz CT molecular complexity index is 826. The monoisotopic (exact) mass is 432 g/mol. The summed E-state index contributed by atoms with van der Waals surface area (Å²) >= 11 is 0. The van der Waals surface area contributed by atoms with Gasteiger partial charge < -0.3 is 18.9 Å². The van der Waals surface area contributed by atoms with Crippen molar-refractivity contribution in [2.24, 2.45) is 23.7 Å². The van der Waals surface area contributed by atoms with E-state index >= 15 is 0 Å². The largest absolute Gasteiger partial charge is 0.465 e. The molecular formula is C24H32O7. The maximum atomic E-state index is 11.6. The maximum Gasteiger partial charge on any atom is 0.337 e. The third-order valence-corrected chi connectivity index (χ3v) is 7.89. The van der Waals surface area contributed by atoms with E-state index in [-0.39, 0.29) is 17.8 Å². The highest BCUT2D eigenvalue weighted by Crippen LogP contribution is 2.60. The molecule has 2 bridgehead atoms. The van der Waals surface area contributed by atoms with Crippen LogP contribution in [0.5, 0.6) is 0 Å². The Morgan fingerprint density at radius 1 is 1.10 bits per heavy atom. The molecule has 5 aliphatic rings. The molecule has 1 saturated carbocycles. The van der Waals surface area contributed by atoms with Crippen molar-refractivity contribution >= 4 is 5.97 Å². The topological polar surface area (TPSA) is 72.5 Å². The van der Waals surface area contributed by atoms with Crippen molar-refractivity contribution in [2.75, 3.05) is 7.11 Å². The van der Waals surface area contributed by atoms with E-state index in [1.54, 1.807) is 12.1 Å². The molecule has 0 N–H and O–H groups in total. The van der Waals surface area contributed by atoms with Crippen LogP contribution in [0.2, 0.25) is 0 Å². The first-order valence-electron chi connectivity index (χ1n) is 11.4. The standard InChI is InChI=1S/C24H32O7/c1-14-5-10-19-15(2)21(27-13-16-6-8-17(9-7-16)20(25)26-4)28-22-24(19)18(14)11-12-23(3,29-22)30-31-24/h6-9,14-15,18-19,21-22H,5,10-13H2,1-4H3/t14-,15-,18?,19?,21+,22?,23+,24-/m1/s1. The summed E-state index contributed by atoms with van der Waals surface area (Å²) in [7, 11) is 1.38. The van der Waals surface area contributed by atoms with Gasteiger partial charge in [0.15, 0.2) is 18.2 Å². The highest BCUT2D eigenvalue weighted by Gasteiger charge is 2.69.